The Balaban J connectivity index is 2.02. The van der Waals surface area contributed by atoms with Crippen LogP contribution in [0.2, 0.25) is 0 Å². The molecule has 0 saturated heterocycles. The lowest BCUT2D eigenvalue weighted by atomic mass is 10.2. The molecule has 0 aliphatic rings. The lowest BCUT2D eigenvalue weighted by Crippen LogP contribution is -2.30. The Morgan fingerprint density at radius 2 is 1.81 bits per heavy atom. The summed E-state index contributed by atoms with van der Waals surface area (Å²) in [5.74, 6) is 0.00573. The van der Waals surface area contributed by atoms with Crippen molar-refractivity contribution >= 4 is 43.4 Å². The van der Waals surface area contributed by atoms with E-state index in [-0.39, 0.29) is 11.8 Å². The van der Waals surface area contributed by atoms with Crippen LogP contribution >= 0.6 is 15.9 Å². The summed E-state index contributed by atoms with van der Waals surface area (Å²) in [5.41, 5.74) is 2.87. The van der Waals surface area contributed by atoms with Crippen molar-refractivity contribution in [3.05, 3.63) is 58.1 Å². The van der Waals surface area contributed by atoms with Crippen LogP contribution in [0.4, 0.5) is 16.2 Å². The van der Waals surface area contributed by atoms with Gasteiger partial charge in [-0.05, 0) is 55.3 Å². The standard InChI is InChI=1S/C18H22BrN3O3S/c1-4-26(24,25)21-17-10-9-16(11-13(17)2)20-18(23)22(3)12-14-5-7-15(19)8-6-14/h5-11,21H,4,12H2,1-3H3,(H,20,23). The number of urea groups is 1. The van der Waals surface area contributed by atoms with Gasteiger partial charge in [0.05, 0.1) is 11.4 Å². The van der Waals surface area contributed by atoms with Crippen LogP contribution in [0.25, 0.3) is 0 Å². The van der Waals surface area contributed by atoms with E-state index >= 15 is 0 Å². The molecule has 0 bridgehead atoms. The SMILES string of the molecule is CCS(=O)(=O)Nc1ccc(NC(=O)N(C)Cc2ccc(Br)cc2)cc1C. The van der Waals surface area contributed by atoms with Crippen molar-refractivity contribution in [2.75, 3.05) is 22.8 Å². The Hall–Kier alpha value is -2.06. The quantitative estimate of drug-likeness (QED) is 0.708. The van der Waals surface area contributed by atoms with Gasteiger partial charge in [-0.15, -0.1) is 0 Å². The first-order valence-electron chi connectivity index (χ1n) is 8.08. The number of benzene rings is 2. The summed E-state index contributed by atoms with van der Waals surface area (Å²) in [6, 6.07) is 12.6. The maximum absolute atomic E-state index is 12.3. The van der Waals surface area contributed by atoms with Crippen LogP contribution in [0.15, 0.2) is 46.9 Å². The third-order valence-electron chi connectivity index (χ3n) is 3.80. The molecule has 140 valence electrons. The molecule has 26 heavy (non-hydrogen) atoms. The molecule has 2 amide bonds. The van der Waals surface area contributed by atoms with Gasteiger partial charge in [0.15, 0.2) is 0 Å². The average molecular weight is 440 g/mol. The lowest BCUT2D eigenvalue weighted by molar-refractivity contribution is 0.220. The number of rotatable bonds is 6. The minimum absolute atomic E-state index is 0.00573. The molecule has 6 nitrogen and oxygen atoms in total. The van der Waals surface area contributed by atoms with E-state index in [2.05, 4.69) is 26.0 Å². The predicted molar refractivity (Wildman–Crippen MR) is 109 cm³/mol. The molecule has 2 N–H and O–H groups in total. The van der Waals surface area contributed by atoms with Crippen molar-refractivity contribution in [3.8, 4) is 0 Å². The normalized spacial score (nSPS) is 11.1. The van der Waals surface area contributed by atoms with Gasteiger partial charge in [0.1, 0.15) is 0 Å². The number of aryl methyl sites for hydroxylation is 1. The summed E-state index contributed by atoms with van der Waals surface area (Å²) in [7, 11) is -1.61. The molecule has 0 aliphatic carbocycles. The Bertz CT molecular complexity index is 883. The highest BCUT2D eigenvalue weighted by Crippen LogP contribution is 2.21. The molecule has 8 heteroatoms. The molecular formula is C18H22BrN3O3S. The number of carbonyl (C=O) groups is 1. The van der Waals surface area contributed by atoms with Gasteiger partial charge in [-0.2, -0.15) is 0 Å². The average Bonchev–Trinajstić information content (AvgIpc) is 2.59. The first-order valence-corrected chi connectivity index (χ1v) is 10.5. The van der Waals surface area contributed by atoms with E-state index in [0.717, 1.165) is 15.6 Å². The fourth-order valence-corrected chi connectivity index (χ4v) is 3.22. The number of hydrogen-bond donors (Lipinski definition) is 2. The number of nitrogens with one attached hydrogen (secondary N) is 2. The van der Waals surface area contributed by atoms with E-state index in [9.17, 15) is 13.2 Å². The zero-order valence-corrected chi connectivity index (χ0v) is 17.3. The van der Waals surface area contributed by atoms with Crippen LogP contribution in [0.5, 0.6) is 0 Å². The number of nitrogens with zero attached hydrogens (tertiary/aromatic N) is 1. The summed E-state index contributed by atoms with van der Waals surface area (Å²) in [4.78, 5) is 13.9. The van der Waals surface area contributed by atoms with Gasteiger partial charge in [-0.3, -0.25) is 4.72 Å². The molecule has 0 heterocycles. The largest absolute Gasteiger partial charge is 0.323 e. The zero-order chi connectivity index (χ0) is 19.3. The molecule has 0 unspecified atom stereocenters. The van der Waals surface area contributed by atoms with E-state index in [4.69, 9.17) is 0 Å². The van der Waals surface area contributed by atoms with Crippen molar-refractivity contribution in [2.45, 2.75) is 20.4 Å². The number of carbonyl (C=O) groups excluding carboxylic acids is 1. The Labute approximate surface area is 162 Å². The second-order valence-corrected chi connectivity index (χ2v) is 8.87. The van der Waals surface area contributed by atoms with E-state index in [0.29, 0.717) is 17.9 Å². The van der Waals surface area contributed by atoms with E-state index in [1.165, 1.54) is 0 Å². The van der Waals surface area contributed by atoms with Gasteiger partial charge in [0.25, 0.3) is 0 Å². The maximum Gasteiger partial charge on any atom is 0.321 e. The molecule has 0 aromatic heterocycles. The van der Waals surface area contributed by atoms with Crippen molar-refractivity contribution in [1.29, 1.82) is 0 Å². The Kier molecular flexibility index (Phi) is 6.66. The summed E-state index contributed by atoms with van der Waals surface area (Å²) < 4.78 is 26.9. The van der Waals surface area contributed by atoms with Gasteiger partial charge in [-0.1, -0.05) is 28.1 Å². The second-order valence-electron chi connectivity index (χ2n) is 5.95. The maximum atomic E-state index is 12.3. The molecule has 0 atom stereocenters. The minimum atomic E-state index is -3.33. The summed E-state index contributed by atoms with van der Waals surface area (Å²) in [6.45, 7) is 3.84. The lowest BCUT2D eigenvalue weighted by Gasteiger charge is -2.19. The predicted octanol–water partition coefficient (Wildman–Crippen LogP) is 4.18. The van der Waals surface area contributed by atoms with Crippen molar-refractivity contribution < 1.29 is 13.2 Å². The highest BCUT2D eigenvalue weighted by Gasteiger charge is 2.12. The van der Waals surface area contributed by atoms with Crippen LogP contribution in [-0.4, -0.2) is 32.1 Å². The highest BCUT2D eigenvalue weighted by molar-refractivity contribution is 9.10. The van der Waals surface area contributed by atoms with Crippen LogP contribution in [0.1, 0.15) is 18.1 Å². The summed E-state index contributed by atoms with van der Waals surface area (Å²) in [6.07, 6.45) is 0. The van der Waals surface area contributed by atoms with Gasteiger partial charge in [0.2, 0.25) is 10.0 Å². The highest BCUT2D eigenvalue weighted by atomic mass is 79.9. The fraction of sp³-hybridized carbons (Fsp3) is 0.278. The zero-order valence-electron chi connectivity index (χ0n) is 14.9. The molecule has 0 fully saturated rings. The van der Waals surface area contributed by atoms with Crippen LogP contribution in [0, 0.1) is 6.92 Å². The molecule has 2 aromatic carbocycles. The third kappa shape index (κ3) is 5.74. The van der Waals surface area contributed by atoms with E-state index in [1.807, 2.05) is 24.3 Å². The second kappa shape index (κ2) is 8.55. The summed E-state index contributed by atoms with van der Waals surface area (Å²) >= 11 is 3.38. The number of halogens is 1. The molecule has 0 aliphatic heterocycles. The van der Waals surface area contributed by atoms with Crippen LogP contribution in [0.3, 0.4) is 0 Å². The molecule has 0 radical (unpaired) electrons. The van der Waals surface area contributed by atoms with Crippen molar-refractivity contribution in [3.63, 3.8) is 0 Å². The van der Waals surface area contributed by atoms with Crippen molar-refractivity contribution in [1.82, 2.24) is 4.90 Å². The molecular weight excluding hydrogens is 418 g/mol. The first kappa shape index (κ1) is 20.3. The number of amides is 2. The van der Waals surface area contributed by atoms with Gasteiger partial charge in [0, 0.05) is 23.8 Å². The molecule has 2 rings (SSSR count). The van der Waals surface area contributed by atoms with E-state index in [1.54, 1.807) is 44.0 Å². The smallest absolute Gasteiger partial charge is 0.321 e. The Morgan fingerprint density at radius 3 is 2.38 bits per heavy atom. The van der Waals surface area contributed by atoms with Gasteiger partial charge >= 0.3 is 6.03 Å². The third-order valence-corrected chi connectivity index (χ3v) is 5.62. The fourth-order valence-electron chi connectivity index (χ4n) is 2.25. The minimum Gasteiger partial charge on any atom is -0.323 e. The topological polar surface area (TPSA) is 78.5 Å². The molecule has 0 spiro atoms. The van der Waals surface area contributed by atoms with Crippen molar-refractivity contribution in [2.24, 2.45) is 0 Å². The Morgan fingerprint density at radius 1 is 1.15 bits per heavy atom. The molecule has 2 aromatic rings. The van der Waals surface area contributed by atoms with Crippen LogP contribution in [-0.2, 0) is 16.6 Å². The summed E-state index contributed by atoms with van der Waals surface area (Å²) in [5, 5.41) is 2.82. The van der Waals surface area contributed by atoms with E-state index < -0.39 is 10.0 Å². The number of anilines is 2. The number of sulfonamides is 1. The number of hydrogen-bond acceptors (Lipinski definition) is 3. The van der Waals surface area contributed by atoms with Crippen LogP contribution < -0.4 is 10.0 Å². The first-order chi connectivity index (χ1) is 12.2. The molecule has 0 saturated carbocycles. The monoisotopic (exact) mass is 439 g/mol. The van der Waals surface area contributed by atoms with Gasteiger partial charge in [-0.25, -0.2) is 13.2 Å². The van der Waals surface area contributed by atoms with Gasteiger partial charge < -0.3 is 10.2 Å².